The maximum absolute atomic E-state index is 14.1. The summed E-state index contributed by atoms with van der Waals surface area (Å²) in [6, 6.07) is 7.03. The van der Waals surface area contributed by atoms with Crippen LogP contribution in [0.25, 0.3) is 0 Å². The molecule has 1 aromatic heterocycles. The number of ether oxygens (including phenoxy) is 3. The number of hydrazone groups is 1. The smallest absolute Gasteiger partial charge is 0.332 e. The maximum Gasteiger partial charge on any atom is 0.332 e. The van der Waals surface area contributed by atoms with E-state index in [0.29, 0.717) is 0 Å². The van der Waals surface area contributed by atoms with Crippen molar-refractivity contribution in [2.24, 2.45) is 21.0 Å². The van der Waals surface area contributed by atoms with Gasteiger partial charge in [0.2, 0.25) is 17.5 Å². The number of benzene rings is 3. The Labute approximate surface area is 409 Å². The second-order valence-electron chi connectivity index (χ2n) is 16.3. The first-order chi connectivity index (χ1) is 33.6. The first kappa shape index (κ1) is 52.3. The maximum atomic E-state index is 14.1. The Morgan fingerprint density at radius 2 is 1.82 bits per heavy atom. The molecule has 0 bridgehead atoms. The second-order valence-corrected chi connectivity index (χ2v) is 18.5. The van der Waals surface area contributed by atoms with Gasteiger partial charge < -0.3 is 55.6 Å². The number of anilines is 1. The van der Waals surface area contributed by atoms with Crippen molar-refractivity contribution >= 4 is 72.6 Å². The van der Waals surface area contributed by atoms with E-state index < -0.39 is 136 Å². The normalized spacial score (nSPS) is 22.2. The third-order valence-corrected chi connectivity index (χ3v) is 12.8. The SMILES string of the molecule is COc1cccc2c1C(=O)c1c(O)c3c(c(O)c1C2=O)C[C@@](O)(/C(CO)=N/NC(=O)CCC(=O)ONC(=Nc1ccc(F)c(Br)c1)c1nonc1NCCNS(N)(=O)=O)C[C@@H]3OC1CC(N)C(O)C(C)O1. The van der Waals surface area contributed by atoms with Gasteiger partial charge in [0.25, 0.3) is 10.2 Å². The summed E-state index contributed by atoms with van der Waals surface area (Å²) in [6.45, 7) is 0.236. The Balaban J connectivity index is 1.09. The molecule has 4 unspecified atom stereocenters. The summed E-state index contributed by atoms with van der Waals surface area (Å²) in [6.07, 6.45) is -7.19. The number of hydrogen-bond acceptors (Lipinski definition) is 22. The van der Waals surface area contributed by atoms with Crippen LogP contribution in [0.15, 0.2) is 55.6 Å². The van der Waals surface area contributed by atoms with Gasteiger partial charge in [-0.2, -0.15) is 19.0 Å². The Bertz CT molecular complexity index is 2930. The molecule has 3 aliphatic rings. The van der Waals surface area contributed by atoms with Crippen LogP contribution in [0, 0.1) is 5.82 Å². The number of carbonyl (C=O) groups is 4. The van der Waals surface area contributed by atoms with Gasteiger partial charge in [-0.25, -0.2) is 34.1 Å². The number of phenolic OH excluding ortho intramolecular Hbond substituents is 2. The van der Waals surface area contributed by atoms with E-state index in [4.69, 9.17) is 34.5 Å². The molecule has 1 fully saturated rings. The van der Waals surface area contributed by atoms with Gasteiger partial charge >= 0.3 is 5.97 Å². The van der Waals surface area contributed by atoms with Crippen LogP contribution in [-0.2, 0) is 40.5 Å². The molecule has 1 amide bonds. The molecule has 380 valence electrons. The number of hydroxylamine groups is 1. The number of hydrogen-bond donors (Lipinski definition) is 11. The van der Waals surface area contributed by atoms with E-state index >= 15 is 0 Å². The molecular formula is C42H46BrFN10O16S. The minimum atomic E-state index is -4.02. The second kappa shape index (κ2) is 21.4. The Hall–Kier alpha value is -6.54. The summed E-state index contributed by atoms with van der Waals surface area (Å²) in [7, 11) is -2.73. The van der Waals surface area contributed by atoms with Crippen molar-refractivity contribution in [1.29, 1.82) is 0 Å². The number of halogens is 2. The van der Waals surface area contributed by atoms with Gasteiger partial charge in [-0.05, 0) is 57.4 Å². The summed E-state index contributed by atoms with van der Waals surface area (Å²) in [5.74, 6) is -6.27. The number of aliphatic hydroxyl groups excluding tert-OH is 2. The zero-order valence-corrected chi connectivity index (χ0v) is 39.7. The number of nitrogens with two attached hydrogens (primary N) is 2. The standard InChI is InChI=1S/C42H46BrFN10O16S/c1-17-35(58)23(45)13-29(67-17)68-25-15-42(63,14-20-31(25)39(62)33-32(37(20)60)36(59)19-4-3-5-24(66-2)30(19)38(33)61)26(16-55)50-51-27(56)8-9-28(57)69-53-41(49-18-6-7-22(44)21(43)12-18)34-40(54-70-52-34)47-10-11-48-71(46,64)65/h3-7,12,17,23,25,29,35,48,55,58,60,62-63H,8-11,13-16,45H2,1-2H3,(H,47,54)(H,49,53)(H,51,56)(H2,46,64,65)/b50-26+/t17?,23?,25-,29?,35?,42-/m0/s1. The van der Waals surface area contributed by atoms with E-state index in [1.54, 1.807) is 0 Å². The molecule has 1 saturated heterocycles. The molecule has 7 rings (SSSR count). The Morgan fingerprint density at radius 1 is 1.07 bits per heavy atom. The van der Waals surface area contributed by atoms with E-state index in [1.165, 1.54) is 44.4 Å². The third-order valence-electron chi connectivity index (χ3n) is 11.5. The molecule has 6 atom stereocenters. The lowest BCUT2D eigenvalue weighted by Crippen LogP contribution is -2.53. The molecule has 2 aliphatic carbocycles. The topological polar surface area (TPSA) is 404 Å². The molecule has 3 aromatic carbocycles. The summed E-state index contributed by atoms with van der Waals surface area (Å²) in [5, 5.41) is 76.2. The predicted octanol–water partition coefficient (Wildman–Crippen LogP) is 0.000500. The minimum Gasteiger partial charge on any atom is -0.507 e. The number of rotatable bonds is 16. The quantitative estimate of drug-likeness (QED) is 0.0204. The number of phenols is 2. The minimum absolute atomic E-state index is 0.0263. The van der Waals surface area contributed by atoms with Crippen LogP contribution >= 0.6 is 15.9 Å². The highest BCUT2D eigenvalue weighted by Crippen LogP contribution is 2.52. The van der Waals surface area contributed by atoms with Crippen molar-refractivity contribution in [2.75, 3.05) is 32.1 Å². The number of amides is 1. The van der Waals surface area contributed by atoms with E-state index in [2.05, 4.69) is 57.3 Å². The van der Waals surface area contributed by atoms with Crippen molar-refractivity contribution < 1.29 is 81.2 Å². The highest BCUT2D eigenvalue weighted by molar-refractivity contribution is 9.10. The zero-order valence-electron chi connectivity index (χ0n) is 37.3. The summed E-state index contributed by atoms with van der Waals surface area (Å²) in [4.78, 5) is 63.6. The van der Waals surface area contributed by atoms with Crippen LogP contribution in [0.4, 0.5) is 15.9 Å². The van der Waals surface area contributed by atoms with Crippen molar-refractivity contribution in [3.05, 3.63) is 85.8 Å². The van der Waals surface area contributed by atoms with E-state index in [1.807, 2.05) is 0 Å². The molecule has 71 heavy (non-hydrogen) atoms. The zero-order chi connectivity index (χ0) is 51.5. The fourth-order valence-electron chi connectivity index (χ4n) is 8.10. The lowest BCUT2D eigenvalue weighted by molar-refractivity contribution is -0.245. The van der Waals surface area contributed by atoms with Crippen molar-refractivity contribution in [2.45, 2.75) is 75.3 Å². The molecule has 4 aromatic rings. The van der Waals surface area contributed by atoms with Crippen LogP contribution in [0.1, 0.15) is 87.4 Å². The number of fused-ring (bicyclic) bond motifs is 3. The predicted molar refractivity (Wildman–Crippen MR) is 245 cm³/mol. The van der Waals surface area contributed by atoms with Gasteiger partial charge in [0, 0.05) is 61.5 Å². The molecule has 0 saturated carbocycles. The number of aliphatic imine (C=N–C) groups is 1. The summed E-state index contributed by atoms with van der Waals surface area (Å²) in [5.41, 5.74) is 5.76. The van der Waals surface area contributed by atoms with Crippen LogP contribution in [0.3, 0.4) is 0 Å². The number of amidine groups is 1. The monoisotopic (exact) mass is 1080 g/mol. The number of nitrogens with zero attached hydrogens (tertiary/aromatic N) is 4. The highest BCUT2D eigenvalue weighted by Gasteiger charge is 2.49. The largest absolute Gasteiger partial charge is 0.507 e. The number of aromatic hydroxyl groups is 2. The fraction of sp³-hybridized carbons (Fsp3) is 0.381. The van der Waals surface area contributed by atoms with Gasteiger partial charge in [-0.15, -0.1) is 0 Å². The number of aliphatic hydroxyl groups is 3. The summed E-state index contributed by atoms with van der Waals surface area (Å²) < 4.78 is 60.8. The summed E-state index contributed by atoms with van der Waals surface area (Å²) >= 11 is 3.05. The number of carbonyl (C=O) groups excluding carboxylic acids is 4. The number of nitrogens with one attached hydrogen (secondary N) is 4. The van der Waals surface area contributed by atoms with Gasteiger partial charge in [-0.3, -0.25) is 14.4 Å². The van der Waals surface area contributed by atoms with Gasteiger partial charge in [0.05, 0.1) is 71.0 Å². The first-order valence-corrected chi connectivity index (χ1v) is 23.6. The molecule has 13 N–H and O–H groups in total. The van der Waals surface area contributed by atoms with E-state index in [-0.39, 0.29) is 75.0 Å². The first-order valence-electron chi connectivity index (χ1n) is 21.3. The molecular weight excluding hydrogens is 1030 g/mol. The Kier molecular flexibility index (Phi) is 15.8. The molecule has 29 heteroatoms. The van der Waals surface area contributed by atoms with Crippen LogP contribution in [0.2, 0.25) is 0 Å². The molecule has 0 spiro atoms. The lowest BCUT2D eigenvalue weighted by atomic mass is 9.71. The lowest BCUT2D eigenvalue weighted by Gasteiger charge is -2.43. The molecule has 0 radical (unpaired) electrons. The Morgan fingerprint density at radius 3 is 2.51 bits per heavy atom. The number of methoxy groups -OCH3 is 1. The van der Waals surface area contributed by atoms with E-state index in [0.717, 1.165) is 6.07 Å². The van der Waals surface area contributed by atoms with Gasteiger partial charge in [0.1, 0.15) is 28.7 Å². The van der Waals surface area contributed by atoms with Crippen molar-refractivity contribution in [3.63, 3.8) is 0 Å². The van der Waals surface area contributed by atoms with Gasteiger partial charge in [-0.1, -0.05) is 12.1 Å². The van der Waals surface area contributed by atoms with Crippen molar-refractivity contribution in [3.8, 4) is 17.2 Å². The molecule has 2 heterocycles. The van der Waals surface area contributed by atoms with Gasteiger partial charge in [0.15, 0.2) is 23.6 Å². The van der Waals surface area contributed by atoms with Crippen molar-refractivity contribution in [1.82, 2.24) is 25.9 Å². The van der Waals surface area contributed by atoms with Crippen LogP contribution in [-0.4, -0.2) is 136 Å². The average molecular weight is 1080 g/mol. The van der Waals surface area contributed by atoms with E-state index in [9.17, 15) is 57.5 Å². The fourth-order valence-corrected chi connectivity index (χ4v) is 8.85. The van der Waals surface area contributed by atoms with Crippen LogP contribution in [0.5, 0.6) is 17.2 Å². The average Bonchev–Trinajstić information content (AvgIpc) is 3.79. The van der Waals surface area contributed by atoms with Crippen LogP contribution < -0.4 is 36.6 Å². The molecule has 1 aliphatic heterocycles. The number of aromatic nitrogens is 2. The highest BCUT2D eigenvalue weighted by atomic mass is 79.9. The molecule has 26 nitrogen and oxygen atoms in total. The third kappa shape index (κ3) is 11.3. The number of ketones is 2.